The molecular formula is C25H34N4O2. The first-order valence-corrected chi connectivity index (χ1v) is 11.4. The van der Waals surface area contributed by atoms with Gasteiger partial charge in [0.05, 0.1) is 19.3 Å². The first-order chi connectivity index (χ1) is 15.2. The van der Waals surface area contributed by atoms with Crippen LogP contribution in [0.15, 0.2) is 54.6 Å². The lowest BCUT2D eigenvalue weighted by atomic mass is 10.2. The molecule has 166 valence electrons. The Balaban J connectivity index is 1.27. The molecular weight excluding hydrogens is 388 g/mol. The first-order valence-electron chi connectivity index (χ1n) is 11.4. The number of benzene rings is 2. The maximum absolute atomic E-state index is 12.9. The van der Waals surface area contributed by atoms with Gasteiger partial charge in [0.1, 0.15) is 0 Å². The van der Waals surface area contributed by atoms with Gasteiger partial charge in [-0.15, -0.1) is 0 Å². The minimum Gasteiger partial charge on any atom is -0.378 e. The number of hydrogen-bond acceptors (Lipinski definition) is 5. The summed E-state index contributed by atoms with van der Waals surface area (Å²) in [6.45, 7) is 10.3. The molecule has 0 aromatic heterocycles. The van der Waals surface area contributed by atoms with E-state index in [4.69, 9.17) is 4.74 Å². The summed E-state index contributed by atoms with van der Waals surface area (Å²) >= 11 is 0. The third-order valence-corrected chi connectivity index (χ3v) is 6.31. The van der Waals surface area contributed by atoms with Gasteiger partial charge in [-0.3, -0.25) is 14.6 Å². The van der Waals surface area contributed by atoms with Crippen molar-refractivity contribution in [2.75, 3.05) is 62.7 Å². The molecule has 2 saturated heterocycles. The number of carbonyl (C=O) groups is 1. The van der Waals surface area contributed by atoms with E-state index >= 15 is 0 Å². The lowest BCUT2D eigenvalue weighted by Gasteiger charge is -2.29. The Labute approximate surface area is 185 Å². The van der Waals surface area contributed by atoms with Gasteiger partial charge < -0.3 is 15.0 Å². The molecule has 2 aromatic rings. The van der Waals surface area contributed by atoms with Crippen molar-refractivity contribution < 1.29 is 9.53 Å². The standard InChI is InChI=1S/C25H34N4O2/c1-21(28-13-5-12-27(14-15-28)20-22-6-3-2-4-7-22)25(30)26-23-8-10-24(11-9-23)29-16-18-31-19-17-29/h2-4,6-11,21H,5,12-20H2,1H3,(H,26,30). The van der Waals surface area contributed by atoms with Crippen molar-refractivity contribution in [2.24, 2.45) is 0 Å². The minimum atomic E-state index is -0.143. The van der Waals surface area contributed by atoms with Crippen LogP contribution >= 0.6 is 0 Å². The number of nitrogens with zero attached hydrogens (tertiary/aromatic N) is 3. The van der Waals surface area contributed by atoms with Gasteiger partial charge in [0.2, 0.25) is 5.91 Å². The van der Waals surface area contributed by atoms with Crippen LogP contribution in [0.1, 0.15) is 18.9 Å². The summed E-state index contributed by atoms with van der Waals surface area (Å²) < 4.78 is 5.42. The van der Waals surface area contributed by atoms with Crippen molar-refractivity contribution in [3.63, 3.8) is 0 Å². The molecule has 1 unspecified atom stereocenters. The van der Waals surface area contributed by atoms with Gasteiger partial charge >= 0.3 is 0 Å². The monoisotopic (exact) mass is 422 g/mol. The molecule has 1 amide bonds. The molecule has 1 atom stereocenters. The summed E-state index contributed by atoms with van der Waals surface area (Å²) in [6, 6.07) is 18.6. The quantitative estimate of drug-likeness (QED) is 0.775. The van der Waals surface area contributed by atoms with Crippen LogP contribution in [0.2, 0.25) is 0 Å². The van der Waals surface area contributed by atoms with Gasteiger partial charge in [0.15, 0.2) is 0 Å². The van der Waals surface area contributed by atoms with E-state index in [1.54, 1.807) is 0 Å². The number of hydrogen-bond donors (Lipinski definition) is 1. The highest BCUT2D eigenvalue weighted by atomic mass is 16.5. The second-order valence-electron chi connectivity index (χ2n) is 8.46. The minimum absolute atomic E-state index is 0.0654. The molecule has 2 aliphatic rings. The summed E-state index contributed by atoms with van der Waals surface area (Å²) in [5.74, 6) is 0.0654. The van der Waals surface area contributed by atoms with E-state index in [0.29, 0.717) is 0 Å². The highest BCUT2D eigenvalue weighted by Gasteiger charge is 2.24. The normalized spacial score (nSPS) is 19.6. The Morgan fingerprint density at radius 2 is 1.68 bits per heavy atom. The van der Waals surface area contributed by atoms with E-state index in [1.807, 2.05) is 19.1 Å². The SMILES string of the molecule is CC(C(=O)Nc1ccc(N2CCOCC2)cc1)N1CCCN(Cc2ccccc2)CC1. The van der Waals surface area contributed by atoms with E-state index < -0.39 is 0 Å². The second kappa shape index (κ2) is 10.8. The predicted octanol–water partition coefficient (Wildman–Crippen LogP) is 3.06. The van der Waals surface area contributed by atoms with Crippen molar-refractivity contribution in [3.8, 4) is 0 Å². The van der Waals surface area contributed by atoms with Crippen LogP contribution in [0.5, 0.6) is 0 Å². The van der Waals surface area contributed by atoms with Crippen LogP contribution in [0, 0.1) is 0 Å². The number of morpholine rings is 1. The van der Waals surface area contributed by atoms with E-state index in [9.17, 15) is 4.79 Å². The fourth-order valence-corrected chi connectivity index (χ4v) is 4.37. The largest absolute Gasteiger partial charge is 0.378 e. The zero-order valence-electron chi connectivity index (χ0n) is 18.5. The molecule has 4 rings (SSSR count). The number of ether oxygens (including phenoxy) is 1. The van der Waals surface area contributed by atoms with Crippen molar-refractivity contribution >= 4 is 17.3 Å². The van der Waals surface area contributed by atoms with Crippen LogP contribution in [0.4, 0.5) is 11.4 Å². The maximum Gasteiger partial charge on any atom is 0.241 e. The third kappa shape index (κ3) is 6.06. The second-order valence-corrected chi connectivity index (χ2v) is 8.46. The van der Waals surface area contributed by atoms with Crippen LogP contribution in [-0.4, -0.2) is 74.2 Å². The topological polar surface area (TPSA) is 48.1 Å². The average Bonchev–Trinajstić information content (AvgIpc) is 3.06. The third-order valence-electron chi connectivity index (χ3n) is 6.31. The number of amides is 1. The Morgan fingerprint density at radius 3 is 2.42 bits per heavy atom. The molecule has 6 heteroatoms. The van der Waals surface area contributed by atoms with Gasteiger partial charge in [-0.2, -0.15) is 0 Å². The summed E-state index contributed by atoms with van der Waals surface area (Å²) in [6.07, 6.45) is 1.08. The molecule has 0 aliphatic carbocycles. The van der Waals surface area contributed by atoms with Gasteiger partial charge in [-0.1, -0.05) is 30.3 Å². The summed E-state index contributed by atoms with van der Waals surface area (Å²) in [5.41, 5.74) is 3.39. The molecule has 0 bridgehead atoms. The number of nitrogens with one attached hydrogen (secondary N) is 1. The van der Waals surface area contributed by atoms with Crippen LogP contribution in [0.3, 0.4) is 0 Å². The lowest BCUT2D eigenvalue weighted by Crippen LogP contribution is -2.43. The Bertz CT molecular complexity index is 821. The van der Waals surface area contributed by atoms with Gasteiger partial charge in [0.25, 0.3) is 0 Å². The Hall–Kier alpha value is -2.41. The summed E-state index contributed by atoms with van der Waals surface area (Å²) in [7, 11) is 0. The van der Waals surface area contributed by atoms with Crippen molar-refractivity contribution in [3.05, 3.63) is 60.2 Å². The summed E-state index contributed by atoms with van der Waals surface area (Å²) in [5, 5.41) is 3.10. The van der Waals surface area contributed by atoms with E-state index in [-0.39, 0.29) is 11.9 Å². The van der Waals surface area contributed by atoms with Crippen LogP contribution in [0.25, 0.3) is 0 Å². The molecule has 6 nitrogen and oxygen atoms in total. The smallest absolute Gasteiger partial charge is 0.241 e. The predicted molar refractivity (Wildman–Crippen MR) is 125 cm³/mol. The molecule has 2 fully saturated rings. The van der Waals surface area contributed by atoms with E-state index in [1.165, 1.54) is 11.3 Å². The molecule has 2 aromatic carbocycles. The molecule has 0 spiro atoms. The molecule has 0 saturated carbocycles. The highest BCUT2D eigenvalue weighted by Crippen LogP contribution is 2.20. The lowest BCUT2D eigenvalue weighted by molar-refractivity contribution is -0.120. The fourth-order valence-electron chi connectivity index (χ4n) is 4.37. The number of anilines is 2. The molecule has 0 radical (unpaired) electrons. The van der Waals surface area contributed by atoms with E-state index in [2.05, 4.69) is 62.5 Å². The summed E-state index contributed by atoms with van der Waals surface area (Å²) in [4.78, 5) is 20.0. The number of rotatable bonds is 6. The van der Waals surface area contributed by atoms with Crippen LogP contribution in [-0.2, 0) is 16.1 Å². The van der Waals surface area contributed by atoms with Crippen molar-refractivity contribution in [2.45, 2.75) is 25.9 Å². The zero-order valence-corrected chi connectivity index (χ0v) is 18.5. The van der Waals surface area contributed by atoms with Gasteiger partial charge in [-0.25, -0.2) is 0 Å². The number of carbonyl (C=O) groups excluding carboxylic acids is 1. The molecule has 31 heavy (non-hydrogen) atoms. The van der Waals surface area contributed by atoms with Crippen LogP contribution < -0.4 is 10.2 Å². The Kier molecular flexibility index (Phi) is 7.57. The molecule has 1 N–H and O–H groups in total. The van der Waals surface area contributed by atoms with E-state index in [0.717, 1.165) is 71.1 Å². The van der Waals surface area contributed by atoms with Crippen molar-refractivity contribution in [1.29, 1.82) is 0 Å². The zero-order chi connectivity index (χ0) is 21.5. The molecule has 2 heterocycles. The molecule has 2 aliphatic heterocycles. The Morgan fingerprint density at radius 1 is 0.935 bits per heavy atom. The highest BCUT2D eigenvalue weighted by molar-refractivity contribution is 5.94. The first kappa shape index (κ1) is 21.8. The fraction of sp³-hybridized carbons (Fsp3) is 0.480. The van der Waals surface area contributed by atoms with Crippen molar-refractivity contribution in [1.82, 2.24) is 9.80 Å². The maximum atomic E-state index is 12.9. The average molecular weight is 423 g/mol. The van der Waals surface area contributed by atoms with Gasteiger partial charge in [-0.05, 0) is 49.7 Å². The van der Waals surface area contributed by atoms with Gasteiger partial charge in [0, 0.05) is 50.6 Å².